The molecule has 82 valence electrons. The van der Waals surface area contributed by atoms with Gasteiger partial charge >= 0.3 is 0 Å². The maximum absolute atomic E-state index is 5.75. The van der Waals surface area contributed by atoms with Crippen LogP contribution in [0.3, 0.4) is 0 Å². The van der Waals surface area contributed by atoms with Gasteiger partial charge in [-0.05, 0) is 36.1 Å². The van der Waals surface area contributed by atoms with E-state index >= 15 is 0 Å². The molecule has 0 amide bonds. The number of benzene rings is 1. The number of pyridine rings is 1. The van der Waals surface area contributed by atoms with Crippen LogP contribution in [0.1, 0.15) is 22.4 Å². The van der Waals surface area contributed by atoms with E-state index in [9.17, 15) is 0 Å². The highest BCUT2D eigenvalue weighted by Gasteiger charge is 1.97. The van der Waals surface area contributed by atoms with Crippen molar-refractivity contribution >= 4 is 11.6 Å². The molecule has 0 saturated heterocycles. The number of hydrogen-bond donors (Lipinski definition) is 0. The van der Waals surface area contributed by atoms with Crippen molar-refractivity contribution in [2.24, 2.45) is 0 Å². The maximum Gasteiger partial charge on any atom is 0.0474 e. The summed E-state index contributed by atoms with van der Waals surface area (Å²) in [7, 11) is 0. The van der Waals surface area contributed by atoms with Crippen LogP contribution in [0.2, 0.25) is 0 Å². The standard InChI is InChI=1S/C14H14ClN/c1-11-2-3-14(10-16-11)8-12-4-6-13(9-15)7-5-12/h2-7,10H,8-9H2,1H3. The van der Waals surface area contributed by atoms with Crippen molar-refractivity contribution in [3.05, 3.63) is 65.0 Å². The van der Waals surface area contributed by atoms with Gasteiger partial charge in [0.15, 0.2) is 0 Å². The highest BCUT2D eigenvalue weighted by Crippen LogP contribution is 2.11. The number of rotatable bonds is 3. The van der Waals surface area contributed by atoms with Crippen molar-refractivity contribution in [1.82, 2.24) is 4.98 Å². The fraction of sp³-hybridized carbons (Fsp3) is 0.214. The molecule has 0 radical (unpaired) electrons. The Bertz CT molecular complexity index is 445. The zero-order chi connectivity index (χ0) is 11.4. The summed E-state index contributed by atoms with van der Waals surface area (Å²) in [4.78, 5) is 4.29. The number of aryl methyl sites for hydroxylation is 1. The minimum atomic E-state index is 0.576. The molecule has 2 rings (SSSR count). The molecule has 0 unspecified atom stereocenters. The van der Waals surface area contributed by atoms with Gasteiger partial charge in [-0.3, -0.25) is 4.98 Å². The van der Waals surface area contributed by atoms with Gasteiger partial charge in [-0.2, -0.15) is 0 Å². The van der Waals surface area contributed by atoms with E-state index in [-0.39, 0.29) is 0 Å². The highest BCUT2D eigenvalue weighted by atomic mass is 35.5. The largest absolute Gasteiger partial charge is 0.261 e. The van der Waals surface area contributed by atoms with Gasteiger partial charge < -0.3 is 0 Å². The maximum atomic E-state index is 5.75. The fourth-order valence-electron chi connectivity index (χ4n) is 1.58. The van der Waals surface area contributed by atoms with Gasteiger partial charge in [0.05, 0.1) is 0 Å². The third kappa shape index (κ3) is 2.83. The van der Waals surface area contributed by atoms with E-state index in [0.717, 1.165) is 17.7 Å². The predicted octanol–water partition coefficient (Wildman–Crippen LogP) is 3.72. The van der Waals surface area contributed by atoms with Crippen LogP contribution in [-0.4, -0.2) is 4.98 Å². The average Bonchev–Trinajstić information content (AvgIpc) is 2.33. The van der Waals surface area contributed by atoms with E-state index in [0.29, 0.717) is 5.88 Å². The lowest BCUT2D eigenvalue weighted by atomic mass is 10.1. The Labute approximate surface area is 101 Å². The first kappa shape index (κ1) is 11.2. The second kappa shape index (κ2) is 5.13. The van der Waals surface area contributed by atoms with Crippen molar-refractivity contribution in [3.8, 4) is 0 Å². The SMILES string of the molecule is Cc1ccc(Cc2ccc(CCl)cc2)cn1. The predicted molar refractivity (Wildman–Crippen MR) is 67.8 cm³/mol. The van der Waals surface area contributed by atoms with Gasteiger partial charge in [0.2, 0.25) is 0 Å². The quantitative estimate of drug-likeness (QED) is 0.734. The molecule has 0 spiro atoms. The molecule has 0 N–H and O–H groups in total. The molecule has 1 heterocycles. The van der Waals surface area contributed by atoms with Crippen LogP contribution in [0.5, 0.6) is 0 Å². The van der Waals surface area contributed by atoms with Crippen LogP contribution in [0.4, 0.5) is 0 Å². The molecule has 0 aliphatic rings. The molecule has 0 aliphatic heterocycles. The fourth-order valence-corrected chi connectivity index (χ4v) is 1.76. The number of aromatic nitrogens is 1. The molecule has 2 aromatic rings. The molecule has 1 nitrogen and oxygen atoms in total. The van der Waals surface area contributed by atoms with Crippen LogP contribution in [-0.2, 0) is 12.3 Å². The minimum absolute atomic E-state index is 0.576. The van der Waals surface area contributed by atoms with E-state index in [4.69, 9.17) is 11.6 Å². The molecular formula is C14H14ClN. The molecule has 1 aromatic carbocycles. The van der Waals surface area contributed by atoms with Crippen molar-refractivity contribution < 1.29 is 0 Å². The van der Waals surface area contributed by atoms with Crippen LogP contribution < -0.4 is 0 Å². The second-order valence-electron chi connectivity index (χ2n) is 3.93. The zero-order valence-electron chi connectivity index (χ0n) is 9.28. The van der Waals surface area contributed by atoms with Crippen LogP contribution in [0, 0.1) is 6.92 Å². The molecule has 0 saturated carbocycles. The summed E-state index contributed by atoms with van der Waals surface area (Å²) in [6, 6.07) is 12.6. The van der Waals surface area contributed by atoms with Crippen molar-refractivity contribution in [1.29, 1.82) is 0 Å². The summed E-state index contributed by atoms with van der Waals surface area (Å²) in [5, 5.41) is 0. The van der Waals surface area contributed by atoms with Crippen LogP contribution >= 0.6 is 11.6 Å². The smallest absolute Gasteiger partial charge is 0.0474 e. The average molecular weight is 232 g/mol. The van der Waals surface area contributed by atoms with Gasteiger partial charge in [-0.25, -0.2) is 0 Å². The molecule has 0 atom stereocenters. The number of halogens is 1. The summed E-state index contributed by atoms with van der Waals surface area (Å²) in [5.41, 5.74) is 4.75. The van der Waals surface area contributed by atoms with E-state index in [1.54, 1.807) is 0 Å². The Morgan fingerprint density at radius 3 is 2.12 bits per heavy atom. The van der Waals surface area contributed by atoms with E-state index in [1.807, 2.05) is 19.2 Å². The van der Waals surface area contributed by atoms with E-state index in [1.165, 1.54) is 11.1 Å². The molecule has 0 fully saturated rings. The summed E-state index contributed by atoms with van der Waals surface area (Å²) in [6.45, 7) is 2.00. The Hall–Kier alpha value is -1.34. The lowest BCUT2D eigenvalue weighted by molar-refractivity contribution is 1.11. The minimum Gasteiger partial charge on any atom is -0.261 e. The zero-order valence-corrected chi connectivity index (χ0v) is 10.0. The first-order valence-electron chi connectivity index (χ1n) is 5.33. The van der Waals surface area contributed by atoms with E-state index < -0.39 is 0 Å². The third-order valence-electron chi connectivity index (χ3n) is 2.56. The van der Waals surface area contributed by atoms with Gasteiger partial charge in [0, 0.05) is 17.8 Å². The Morgan fingerprint density at radius 1 is 0.938 bits per heavy atom. The normalized spacial score (nSPS) is 10.4. The Kier molecular flexibility index (Phi) is 3.58. The number of nitrogens with zero attached hydrogens (tertiary/aromatic N) is 1. The monoisotopic (exact) mass is 231 g/mol. The van der Waals surface area contributed by atoms with Crippen LogP contribution in [0.25, 0.3) is 0 Å². The summed E-state index contributed by atoms with van der Waals surface area (Å²) < 4.78 is 0. The highest BCUT2D eigenvalue weighted by molar-refractivity contribution is 6.17. The lowest BCUT2D eigenvalue weighted by Crippen LogP contribution is -1.90. The first-order valence-corrected chi connectivity index (χ1v) is 5.86. The second-order valence-corrected chi connectivity index (χ2v) is 4.20. The topological polar surface area (TPSA) is 12.9 Å². The van der Waals surface area contributed by atoms with Gasteiger partial charge in [0.25, 0.3) is 0 Å². The summed E-state index contributed by atoms with van der Waals surface area (Å²) in [6.07, 6.45) is 2.86. The number of hydrogen-bond acceptors (Lipinski definition) is 1. The lowest BCUT2D eigenvalue weighted by Gasteiger charge is -2.03. The molecule has 16 heavy (non-hydrogen) atoms. The molecule has 1 aromatic heterocycles. The van der Waals surface area contributed by atoms with Crippen molar-refractivity contribution in [3.63, 3.8) is 0 Å². The van der Waals surface area contributed by atoms with Gasteiger partial charge in [-0.15, -0.1) is 11.6 Å². The van der Waals surface area contributed by atoms with E-state index in [2.05, 4.69) is 35.3 Å². The van der Waals surface area contributed by atoms with Crippen molar-refractivity contribution in [2.75, 3.05) is 0 Å². The van der Waals surface area contributed by atoms with Gasteiger partial charge in [0.1, 0.15) is 0 Å². The molecule has 0 bridgehead atoms. The van der Waals surface area contributed by atoms with Gasteiger partial charge in [-0.1, -0.05) is 30.3 Å². The summed E-state index contributed by atoms with van der Waals surface area (Å²) >= 11 is 5.75. The summed E-state index contributed by atoms with van der Waals surface area (Å²) in [5.74, 6) is 0.576. The molecule has 2 heteroatoms. The van der Waals surface area contributed by atoms with Crippen molar-refractivity contribution in [2.45, 2.75) is 19.2 Å². The van der Waals surface area contributed by atoms with Crippen LogP contribution in [0.15, 0.2) is 42.6 Å². The number of alkyl halides is 1. The Morgan fingerprint density at radius 2 is 1.56 bits per heavy atom. The third-order valence-corrected chi connectivity index (χ3v) is 2.87. The first-order chi connectivity index (χ1) is 7.78. The Balaban J connectivity index is 2.11. The molecule has 0 aliphatic carbocycles. The molecular weight excluding hydrogens is 218 g/mol.